The monoisotopic (exact) mass is 442 g/mol. The van der Waals surface area contributed by atoms with Crippen molar-refractivity contribution in [3.8, 4) is 22.7 Å². The molecule has 5 rings (SSSR count). The van der Waals surface area contributed by atoms with Gasteiger partial charge in [-0.3, -0.25) is 4.79 Å². The van der Waals surface area contributed by atoms with Crippen LogP contribution >= 0.6 is 0 Å². The molecule has 1 aliphatic heterocycles. The third-order valence-electron chi connectivity index (χ3n) is 5.63. The first-order valence-electron chi connectivity index (χ1n) is 10.6. The average Bonchev–Trinajstić information content (AvgIpc) is 3.44. The molecule has 4 aromatic rings. The van der Waals surface area contributed by atoms with Crippen LogP contribution in [0.1, 0.15) is 10.4 Å². The van der Waals surface area contributed by atoms with Crippen molar-refractivity contribution < 1.29 is 9.53 Å². The van der Waals surface area contributed by atoms with Gasteiger partial charge in [-0.2, -0.15) is 0 Å². The highest BCUT2D eigenvalue weighted by Crippen LogP contribution is 2.22. The molecule has 33 heavy (non-hydrogen) atoms. The van der Waals surface area contributed by atoms with E-state index < -0.39 is 0 Å². The number of hydrogen-bond acceptors (Lipinski definition) is 8. The Balaban J connectivity index is 1.22. The van der Waals surface area contributed by atoms with E-state index in [0.717, 1.165) is 28.5 Å². The minimum Gasteiger partial charge on any atom is -0.497 e. The lowest BCUT2D eigenvalue weighted by atomic mass is 10.1. The number of piperazine rings is 1. The Morgan fingerprint density at radius 2 is 1.76 bits per heavy atom. The Morgan fingerprint density at radius 1 is 0.939 bits per heavy atom. The number of ether oxygens (including phenoxy) is 1. The number of carbonyl (C=O) groups is 1. The third-order valence-corrected chi connectivity index (χ3v) is 5.63. The van der Waals surface area contributed by atoms with Crippen LogP contribution in [-0.2, 0) is 0 Å². The van der Waals surface area contributed by atoms with E-state index in [1.807, 2.05) is 59.5 Å². The summed E-state index contributed by atoms with van der Waals surface area (Å²) in [6.07, 6.45) is 1.50. The van der Waals surface area contributed by atoms with Gasteiger partial charge >= 0.3 is 0 Å². The van der Waals surface area contributed by atoms with E-state index in [-0.39, 0.29) is 5.91 Å². The van der Waals surface area contributed by atoms with Crippen LogP contribution < -0.4 is 9.64 Å². The Kier molecular flexibility index (Phi) is 5.62. The van der Waals surface area contributed by atoms with Crippen molar-refractivity contribution in [3.05, 3.63) is 72.6 Å². The standard InChI is InChI=1S/C23H22N8O2/c1-33-20-7-5-17(6-8-20)21-9-10-22(26-25-21)29-11-13-30(14-12-29)23(32)18-3-2-4-19(15-18)31-16-24-27-28-31/h2-10,15-16H,11-14H2,1H3. The molecule has 0 bridgehead atoms. The molecule has 0 radical (unpaired) electrons. The fourth-order valence-electron chi connectivity index (χ4n) is 3.79. The van der Waals surface area contributed by atoms with Gasteiger partial charge in [-0.15, -0.1) is 15.3 Å². The smallest absolute Gasteiger partial charge is 0.254 e. The van der Waals surface area contributed by atoms with E-state index in [0.29, 0.717) is 31.7 Å². The molecule has 1 amide bonds. The zero-order valence-electron chi connectivity index (χ0n) is 18.1. The van der Waals surface area contributed by atoms with Gasteiger partial charge in [0.15, 0.2) is 5.82 Å². The summed E-state index contributed by atoms with van der Waals surface area (Å²) in [5.41, 5.74) is 3.14. The molecule has 0 spiro atoms. The van der Waals surface area contributed by atoms with Crippen LogP contribution in [-0.4, -0.2) is 74.5 Å². The lowest BCUT2D eigenvalue weighted by Gasteiger charge is -2.35. The van der Waals surface area contributed by atoms with E-state index in [9.17, 15) is 4.79 Å². The molecule has 0 unspecified atom stereocenters. The zero-order valence-corrected chi connectivity index (χ0v) is 18.1. The van der Waals surface area contributed by atoms with Gasteiger partial charge in [-0.05, 0) is 65.0 Å². The van der Waals surface area contributed by atoms with Crippen molar-refractivity contribution >= 4 is 11.7 Å². The molecule has 10 nitrogen and oxygen atoms in total. The summed E-state index contributed by atoms with van der Waals surface area (Å²) < 4.78 is 6.73. The van der Waals surface area contributed by atoms with Crippen LogP contribution in [0.4, 0.5) is 5.82 Å². The number of hydrogen-bond donors (Lipinski definition) is 0. The van der Waals surface area contributed by atoms with Gasteiger partial charge in [0.1, 0.15) is 12.1 Å². The van der Waals surface area contributed by atoms with Crippen molar-refractivity contribution in [2.45, 2.75) is 0 Å². The summed E-state index contributed by atoms with van der Waals surface area (Å²) in [4.78, 5) is 17.0. The Bertz CT molecular complexity index is 1220. The van der Waals surface area contributed by atoms with Gasteiger partial charge < -0.3 is 14.5 Å². The minimum absolute atomic E-state index is 0.00878. The predicted octanol–water partition coefficient (Wildman–Crippen LogP) is 2.09. The quantitative estimate of drug-likeness (QED) is 0.463. The molecular weight excluding hydrogens is 420 g/mol. The van der Waals surface area contributed by atoms with E-state index >= 15 is 0 Å². The molecular formula is C23H22N8O2. The van der Waals surface area contributed by atoms with Crippen molar-refractivity contribution in [2.24, 2.45) is 0 Å². The van der Waals surface area contributed by atoms with Crippen LogP contribution in [0.3, 0.4) is 0 Å². The maximum atomic E-state index is 13.0. The van der Waals surface area contributed by atoms with Gasteiger partial charge in [-0.1, -0.05) is 6.07 Å². The molecule has 0 N–H and O–H groups in total. The minimum atomic E-state index is -0.00878. The summed E-state index contributed by atoms with van der Waals surface area (Å²) in [6, 6.07) is 19.0. The molecule has 0 atom stereocenters. The second kappa shape index (κ2) is 9.03. The summed E-state index contributed by atoms with van der Waals surface area (Å²) in [5, 5.41) is 20.0. The number of methoxy groups -OCH3 is 1. The topological polar surface area (TPSA) is 102 Å². The van der Waals surface area contributed by atoms with Crippen molar-refractivity contribution in [3.63, 3.8) is 0 Å². The Morgan fingerprint density at radius 3 is 2.42 bits per heavy atom. The first-order valence-corrected chi connectivity index (χ1v) is 10.6. The van der Waals surface area contributed by atoms with E-state index in [4.69, 9.17) is 4.74 Å². The number of nitrogens with zero attached hydrogens (tertiary/aromatic N) is 8. The van der Waals surface area contributed by atoms with E-state index in [1.54, 1.807) is 13.2 Å². The summed E-state index contributed by atoms with van der Waals surface area (Å²) >= 11 is 0. The zero-order chi connectivity index (χ0) is 22.6. The van der Waals surface area contributed by atoms with Crippen molar-refractivity contribution in [1.82, 2.24) is 35.3 Å². The lowest BCUT2D eigenvalue weighted by Crippen LogP contribution is -2.49. The SMILES string of the molecule is COc1ccc(-c2ccc(N3CCN(C(=O)c4cccc(-n5cnnn5)c4)CC3)nn2)cc1. The van der Waals surface area contributed by atoms with E-state index in [2.05, 4.69) is 30.6 Å². The highest BCUT2D eigenvalue weighted by atomic mass is 16.5. The molecule has 166 valence electrons. The number of tetrazole rings is 1. The lowest BCUT2D eigenvalue weighted by molar-refractivity contribution is 0.0746. The molecule has 0 aliphatic carbocycles. The van der Waals surface area contributed by atoms with Gasteiger partial charge in [0.25, 0.3) is 5.91 Å². The molecule has 3 heterocycles. The van der Waals surface area contributed by atoms with Crippen LogP contribution in [0, 0.1) is 0 Å². The Labute approximate surface area is 190 Å². The van der Waals surface area contributed by atoms with Crippen LogP contribution in [0.5, 0.6) is 5.75 Å². The largest absolute Gasteiger partial charge is 0.497 e. The highest BCUT2D eigenvalue weighted by Gasteiger charge is 2.23. The van der Waals surface area contributed by atoms with Crippen LogP contribution in [0.15, 0.2) is 67.0 Å². The van der Waals surface area contributed by atoms with Crippen LogP contribution in [0.2, 0.25) is 0 Å². The molecule has 0 saturated carbocycles. The van der Waals surface area contributed by atoms with Gasteiger partial charge in [0.05, 0.1) is 18.5 Å². The third kappa shape index (κ3) is 4.36. The van der Waals surface area contributed by atoms with Gasteiger partial charge in [0, 0.05) is 37.3 Å². The highest BCUT2D eigenvalue weighted by molar-refractivity contribution is 5.95. The predicted molar refractivity (Wildman–Crippen MR) is 121 cm³/mol. The van der Waals surface area contributed by atoms with Crippen molar-refractivity contribution in [2.75, 3.05) is 38.2 Å². The number of benzene rings is 2. The molecule has 1 aliphatic rings. The van der Waals surface area contributed by atoms with Gasteiger partial charge in [0.2, 0.25) is 0 Å². The number of anilines is 1. The molecule has 1 fully saturated rings. The van der Waals surface area contributed by atoms with Crippen LogP contribution in [0.25, 0.3) is 16.9 Å². The first-order chi connectivity index (χ1) is 16.2. The number of amides is 1. The normalized spacial score (nSPS) is 13.7. The second-order valence-corrected chi connectivity index (χ2v) is 7.59. The summed E-state index contributed by atoms with van der Waals surface area (Å²) in [7, 11) is 1.64. The fraction of sp³-hybridized carbons (Fsp3) is 0.217. The number of carbonyl (C=O) groups excluding carboxylic acids is 1. The summed E-state index contributed by atoms with van der Waals surface area (Å²) in [6.45, 7) is 2.59. The average molecular weight is 442 g/mol. The number of aromatic nitrogens is 6. The molecule has 1 saturated heterocycles. The van der Waals surface area contributed by atoms with E-state index in [1.165, 1.54) is 11.0 Å². The maximum Gasteiger partial charge on any atom is 0.254 e. The van der Waals surface area contributed by atoms with Gasteiger partial charge in [-0.25, -0.2) is 4.68 Å². The molecule has 10 heteroatoms. The maximum absolute atomic E-state index is 13.0. The molecule has 2 aromatic carbocycles. The summed E-state index contributed by atoms with van der Waals surface area (Å²) in [5.74, 6) is 1.60. The number of rotatable bonds is 5. The fourth-order valence-corrected chi connectivity index (χ4v) is 3.79. The second-order valence-electron chi connectivity index (χ2n) is 7.59. The Hall–Kier alpha value is -4.34. The first kappa shape index (κ1) is 20.6. The molecule has 2 aromatic heterocycles. The van der Waals surface area contributed by atoms with Crippen molar-refractivity contribution in [1.29, 1.82) is 0 Å².